The van der Waals surface area contributed by atoms with Gasteiger partial charge >= 0.3 is 0 Å². The molecule has 0 unspecified atom stereocenters. The van der Waals surface area contributed by atoms with Crippen LogP contribution in [0.15, 0.2) is 107 Å². The van der Waals surface area contributed by atoms with Gasteiger partial charge in [0.25, 0.3) is 10.0 Å². The number of benzene rings is 3. The minimum Gasteiger partial charge on any atom is -0.307 e. The number of amides is 2. The molecule has 1 aromatic heterocycles. The van der Waals surface area contributed by atoms with Crippen LogP contribution in [0, 0.1) is 6.92 Å². The van der Waals surface area contributed by atoms with Crippen molar-refractivity contribution in [2.24, 2.45) is 0 Å². The molecule has 8 heteroatoms. The maximum Gasteiger partial charge on any atom is 0.270 e. The van der Waals surface area contributed by atoms with Crippen molar-refractivity contribution in [1.82, 2.24) is 4.31 Å². The number of aryl methyl sites for hydroxylation is 1. The molecule has 0 radical (unpaired) electrons. The molecule has 2 amide bonds. The van der Waals surface area contributed by atoms with Gasteiger partial charge < -0.3 is 4.90 Å². The van der Waals surface area contributed by atoms with Crippen molar-refractivity contribution in [2.45, 2.75) is 30.2 Å². The average molecular weight is 541 g/mol. The van der Waals surface area contributed by atoms with Crippen molar-refractivity contribution in [3.63, 3.8) is 0 Å². The molecule has 0 saturated carbocycles. The third-order valence-electron chi connectivity index (χ3n) is 7.08. The summed E-state index contributed by atoms with van der Waals surface area (Å²) in [6, 6.07) is 27.1. The largest absolute Gasteiger partial charge is 0.307 e. The number of rotatable bonds is 5. The Morgan fingerprint density at radius 3 is 2.29 bits per heavy atom. The van der Waals surface area contributed by atoms with Crippen LogP contribution < -0.4 is 4.90 Å². The monoisotopic (exact) mass is 540 g/mol. The number of para-hydroxylation sites is 1. The molecule has 6 nitrogen and oxygen atoms in total. The van der Waals surface area contributed by atoms with Crippen LogP contribution in [0.25, 0.3) is 5.70 Å². The first kappa shape index (κ1) is 24.3. The van der Waals surface area contributed by atoms with E-state index in [1.807, 2.05) is 66.9 Å². The predicted octanol–water partition coefficient (Wildman–Crippen LogP) is 5.50. The molecule has 3 aromatic carbocycles. The summed E-state index contributed by atoms with van der Waals surface area (Å²) >= 11 is 1.33. The van der Waals surface area contributed by atoms with E-state index in [-0.39, 0.29) is 22.9 Å². The second-order valence-corrected chi connectivity index (χ2v) is 12.3. The van der Waals surface area contributed by atoms with Crippen LogP contribution in [0.2, 0.25) is 0 Å². The average Bonchev–Trinajstić information content (AvgIpc) is 3.53. The summed E-state index contributed by atoms with van der Waals surface area (Å²) in [5, 5.41) is 1.82. The van der Waals surface area contributed by atoms with Gasteiger partial charge in [0.1, 0.15) is 5.41 Å². The Morgan fingerprint density at radius 1 is 0.868 bits per heavy atom. The second kappa shape index (κ2) is 9.08. The second-order valence-electron chi connectivity index (χ2n) is 9.53. The topological polar surface area (TPSA) is 74.8 Å². The van der Waals surface area contributed by atoms with Gasteiger partial charge in [-0.1, -0.05) is 72.3 Å². The van der Waals surface area contributed by atoms with Crippen molar-refractivity contribution in [2.75, 3.05) is 4.90 Å². The lowest BCUT2D eigenvalue weighted by molar-refractivity contribution is -0.131. The Labute approximate surface area is 225 Å². The Bertz CT molecular complexity index is 1680. The first-order valence-electron chi connectivity index (χ1n) is 12.2. The molecule has 2 aliphatic rings. The molecule has 0 fully saturated rings. The van der Waals surface area contributed by atoms with Gasteiger partial charge in [0, 0.05) is 5.69 Å². The summed E-state index contributed by atoms with van der Waals surface area (Å²) in [6.45, 7) is 2.22. The molecular formula is C30H24N2O4S2. The zero-order valence-corrected chi connectivity index (χ0v) is 22.2. The predicted molar refractivity (Wildman–Crippen MR) is 148 cm³/mol. The molecule has 0 bridgehead atoms. The summed E-state index contributed by atoms with van der Waals surface area (Å²) in [7, 11) is -4.21. The molecular weight excluding hydrogens is 516 g/mol. The number of carbonyl (C=O) groups is 2. The molecule has 1 atom stereocenters. The van der Waals surface area contributed by atoms with Crippen molar-refractivity contribution < 1.29 is 18.0 Å². The summed E-state index contributed by atoms with van der Waals surface area (Å²) in [5.41, 5.74) is 2.21. The molecule has 38 heavy (non-hydrogen) atoms. The Kier molecular flexibility index (Phi) is 5.81. The molecule has 0 N–H and O–H groups in total. The SMILES string of the molecule is Cc1ccc(S(=O)(=O)N2C(=O)C[C@]3(C=C2c2cccs2)C(=O)N(Cc2ccccc2)c2ccccc23)cc1. The fourth-order valence-electron chi connectivity index (χ4n) is 5.25. The fourth-order valence-corrected chi connectivity index (χ4v) is 7.47. The fraction of sp³-hybridized carbons (Fsp3) is 0.133. The minimum absolute atomic E-state index is 0.0266. The van der Waals surface area contributed by atoms with E-state index < -0.39 is 21.3 Å². The molecule has 1 spiro atoms. The third kappa shape index (κ3) is 3.79. The third-order valence-corrected chi connectivity index (χ3v) is 9.72. The van der Waals surface area contributed by atoms with Gasteiger partial charge in [-0.25, -0.2) is 12.7 Å². The molecule has 6 rings (SSSR count). The van der Waals surface area contributed by atoms with Crippen LogP contribution in [-0.2, 0) is 31.6 Å². The van der Waals surface area contributed by atoms with Crippen LogP contribution in [0.3, 0.4) is 0 Å². The highest BCUT2D eigenvalue weighted by molar-refractivity contribution is 7.90. The van der Waals surface area contributed by atoms with Crippen molar-refractivity contribution in [3.8, 4) is 0 Å². The highest BCUT2D eigenvalue weighted by Crippen LogP contribution is 2.50. The zero-order chi connectivity index (χ0) is 26.5. The van der Waals surface area contributed by atoms with E-state index in [1.54, 1.807) is 35.2 Å². The summed E-state index contributed by atoms with van der Waals surface area (Å²) < 4.78 is 28.5. The van der Waals surface area contributed by atoms with Crippen molar-refractivity contribution >= 4 is 44.6 Å². The standard InChI is InChI=1S/C30H24N2O4S2/c1-21-13-15-23(16-14-21)38(35,36)32-26(27-12-7-17-37-27)18-30(19-28(32)33)24-10-5-6-11-25(24)31(29(30)34)20-22-8-3-2-4-9-22/h2-18H,19-20H2,1H3/t30-/m0/s1. The number of sulfonamides is 1. The number of nitrogens with zero attached hydrogens (tertiary/aromatic N) is 2. The van der Waals surface area contributed by atoms with Gasteiger partial charge in [-0.15, -0.1) is 11.3 Å². The van der Waals surface area contributed by atoms with Crippen molar-refractivity contribution in [1.29, 1.82) is 0 Å². The Hall–Kier alpha value is -4.01. The van der Waals surface area contributed by atoms with Gasteiger partial charge in [-0.2, -0.15) is 0 Å². The van der Waals surface area contributed by atoms with Gasteiger partial charge in [-0.05, 0) is 53.8 Å². The van der Waals surface area contributed by atoms with E-state index in [0.717, 1.165) is 21.1 Å². The first-order valence-corrected chi connectivity index (χ1v) is 14.5. The first-order chi connectivity index (χ1) is 18.3. The Morgan fingerprint density at radius 2 is 1.58 bits per heavy atom. The summed E-state index contributed by atoms with van der Waals surface area (Å²) in [4.78, 5) is 30.5. The number of hydrogen-bond acceptors (Lipinski definition) is 5. The number of carbonyl (C=O) groups excluding carboxylic acids is 2. The lowest BCUT2D eigenvalue weighted by Crippen LogP contribution is -2.48. The van der Waals surface area contributed by atoms with Gasteiger partial charge in [0.15, 0.2) is 0 Å². The highest BCUT2D eigenvalue weighted by atomic mass is 32.2. The van der Waals surface area contributed by atoms with Gasteiger partial charge in [0.2, 0.25) is 11.8 Å². The highest BCUT2D eigenvalue weighted by Gasteiger charge is 2.55. The van der Waals surface area contributed by atoms with Gasteiger partial charge in [-0.3, -0.25) is 9.59 Å². The summed E-state index contributed by atoms with van der Waals surface area (Å²) in [5.74, 6) is -0.876. The minimum atomic E-state index is -4.21. The molecule has 3 heterocycles. The van der Waals surface area contributed by atoms with E-state index >= 15 is 0 Å². The van der Waals surface area contributed by atoms with Crippen LogP contribution in [0.1, 0.15) is 28.0 Å². The molecule has 4 aromatic rings. The van der Waals surface area contributed by atoms with Crippen LogP contribution in [-0.4, -0.2) is 24.5 Å². The summed E-state index contributed by atoms with van der Waals surface area (Å²) in [6.07, 6.45) is 1.41. The maximum absolute atomic E-state index is 14.2. The Balaban J connectivity index is 1.53. The zero-order valence-electron chi connectivity index (χ0n) is 20.6. The maximum atomic E-state index is 14.2. The molecule has 0 saturated heterocycles. The van der Waals surface area contributed by atoms with Gasteiger partial charge in [0.05, 0.1) is 28.4 Å². The van der Waals surface area contributed by atoms with E-state index in [1.165, 1.54) is 23.5 Å². The number of hydrogen-bond donors (Lipinski definition) is 0. The number of anilines is 1. The van der Waals surface area contributed by atoms with E-state index in [4.69, 9.17) is 0 Å². The lowest BCUT2D eigenvalue weighted by Gasteiger charge is -2.36. The molecule has 190 valence electrons. The number of fused-ring (bicyclic) bond motifs is 2. The smallest absolute Gasteiger partial charge is 0.270 e. The molecule has 2 aliphatic heterocycles. The van der Waals surface area contributed by atoms with E-state index in [0.29, 0.717) is 17.0 Å². The van der Waals surface area contributed by atoms with Crippen LogP contribution in [0.5, 0.6) is 0 Å². The van der Waals surface area contributed by atoms with E-state index in [2.05, 4.69) is 0 Å². The lowest BCUT2D eigenvalue weighted by atomic mass is 9.76. The van der Waals surface area contributed by atoms with Crippen molar-refractivity contribution in [3.05, 3.63) is 124 Å². The van der Waals surface area contributed by atoms with Crippen LogP contribution in [0.4, 0.5) is 5.69 Å². The normalized spacial score (nSPS) is 19.1. The van der Waals surface area contributed by atoms with E-state index in [9.17, 15) is 18.0 Å². The van der Waals surface area contributed by atoms with Crippen LogP contribution >= 0.6 is 11.3 Å². The quantitative estimate of drug-likeness (QED) is 0.335. The molecule has 0 aliphatic carbocycles. The number of thiophene rings is 1.